The number of carbonyl (C=O) groups is 1. The first kappa shape index (κ1) is 6.51. The molecule has 0 spiro atoms. The van der Waals surface area contributed by atoms with Crippen molar-refractivity contribution in [1.29, 1.82) is 0 Å². The average molecular weight is 131 g/mol. The molecular formula is C5H7O4-. The van der Waals surface area contributed by atoms with Gasteiger partial charge in [0.15, 0.2) is 0 Å². The van der Waals surface area contributed by atoms with Crippen molar-refractivity contribution in [3.8, 4) is 0 Å². The molecule has 1 saturated heterocycles. The molecule has 0 aliphatic carbocycles. The molecule has 0 unspecified atom stereocenters. The summed E-state index contributed by atoms with van der Waals surface area (Å²) in [6, 6.07) is 0. The van der Waals surface area contributed by atoms with Gasteiger partial charge in [-0.05, 0) is 0 Å². The molecule has 52 valence electrons. The van der Waals surface area contributed by atoms with E-state index >= 15 is 0 Å². The lowest BCUT2D eigenvalue weighted by atomic mass is 10.4. The SMILES string of the molecule is O=C([O-])[C@@H]1COCCO1. The average Bonchev–Trinajstić information content (AvgIpc) is 1.90. The molecule has 0 aromatic carbocycles. The van der Waals surface area contributed by atoms with E-state index in [2.05, 4.69) is 0 Å². The van der Waals surface area contributed by atoms with Crippen LogP contribution < -0.4 is 5.11 Å². The van der Waals surface area contributed by atoms with E-state index in [1.165, 1.54) is 0 Å². The molecule has 0 aromatic heterocycles. The van der Waals surface area contributed by atoms with Crippen LogP contribution in [-0.2, 0) is 14.3 Å². The monoisotopic (exact) mass is 131 g/mol. The number of rotatable bonds is 1. The van der Waals surface area contributed by atoms with Crippen LogP contribution in [0.5, 0.6) is 0 Å². The number of ether oxygens (including phenoxy) is 2. The van der Waals surface area contributed by atoms with Crippen LogP contribution in [0, 0.1) is 0 Å². The summed E-state index contributed by atoms with van der Waals surface area (Å²) in [4.78, 5) is 10.0. The third-order valence-electron chi connectivity index (χ3n) is 1.08. The van der Waals surface area contributed by atoms with Gasteiger partial charge < -0.3 is 19.4 Å². The zero-order valence-corrected chi connectivity index (χ0v) is 4.83. The Morgan fingerprint density at radius 2 is 2.33 bits per heavy atom. The zero-order valence-electron chi connectivity index (χ0n) is 4.83. The predicted molar refractivity (Wildman–Crippen MR) is 25.6 cm³/mol. The van der Waals surface area contributed by atoms with Crippen molar-refractivity contribution < 1.29 is 19.4 Å². The van der Waals surface area contributed by atoms with Crippen LogP contribution in [0.4, 0.5) is 0 Å². The molecule has 0 radical (unpaired) electrons. The van der Waals surface area contributed by atoms with Crippen LogP contribution in [-0.4, -0.2) is 31.9 Å². The van der Waals surface area contributed by atoms with Gasteiger partial charge in [-0.1, -0.05) is 0 Å². The normalized spacial score (nSPS) is 27.8. The van der Waals surface area contributed by atoms with E-state index in [9.17, 15) is 9.90 Å². The van der Waals surface area contributed by atoms with Crippen molar-refractivity contribution >= 4 is 5.97 Å². The van der Waals surface area contributed by atoms with Crippen molar-refractivity contribution in [2.24, 2.45) is 0 Å². The summed E-state index contributed by atoms with van der Waals surface area (Å²) in [5, 5.41) is 10.0. The fourth-order valence-electron chi connectivity index (χ4n) is 0.624. The lowest BCUT2D eigenvalue weighted by Crippen LogP contribution is -2.43. The van der Waals surface area contributed by atoms with E-state index in [1.54, 1.807) is 0 Å². The van der Waals surface area contributed by atoms with E-state index in [0.29, 0.717) is 13.2 Å². The van der Waals surface area contributed by atoms with Crippen LogP contribution in [0.1, 0.15) is 0 Å². The maximum Gasteiger partial charge on any atom is 0.120 e. The Morgan fingerprint density at radius 1 is 1.56 bits per heavy atom. The fourth-order valence-corrected chi connectivity index (χ4v) is 0.624. The summed E-state index contributed by atoms with van der Waals surface area (Å²) in [6.07, 6.45) is -0.862. The quantitative estimate of drug-likeness (QED) is 0.419. The van der Waals surface area contributed by atoms with E-state index in [4.69, 9.17) is 9.47 Å². The van der Waals surface area contributed by atoms with Crippen molar-refractivity contribution in [3.05, 3.63) is 0 Å². The molecule has 9 heavy (non-hydrogen) atoms. The van der Waals surface area contributed by atoms with Gasteiger partial charge in [0.05, 0.1) is 25.8 Å². The Labute approximate surface area is 52.4 Å². The molecule has 1 rings (SSSR count). The van der Waals surface area contributed by atoms with E-state index in [0.717, 1.165) is 0 Å². The van der Waals surface area contributed by atoms with Gasteiger partial charge in [0.1, 0.15) is 6.10 Å². The van der Waals surface area contributed by atoms with Gasteiger partial charge in [-0.15, -0.1) is 0 Å². The minimum Gasteiger partial charge on any atom is -0.547 e. The number of aliphatic carboxylic acids is 1. The van der Waals surface area contributed by atoms with Gasteiger partial charge in [-0.2, -0.15) is 0 Å². The summed E-state index contributed by atoms with van der Waals surface area (Å²) in [5.41, 5.74) is 0. The standard InChI is InChI=1S/C5H8O4/c6-5(7)4-3-8-1-2-9-4/h4H,1-3H2,(H,6,7)/p-1/t4-/m0/s1. The van der Waals surface area contributed by atoms with Crippen LogP contribution in [0.2, 0.25) is 0 Å². The molecule has 1 fully saturated rings. The van der Waals surface area contributed by atoms with Gasteiger partial charge >= 0.3 is 0 Å². The Kier molecular flexibility index (Phi) is 2.02. The maximum absolute atomic E-state index is 10.0. The van der Waals surface area contributed by atoms with E-state index < -0.39 is 12.1 Å². The largest absolute Gasteiger partial charge is 0.547 e. The van der Waals surface area contributed by atoms with Gasteiger partial charge in [-0.25, -0.2) is 0 Å². The van der Waals surface area contributed by atoms with Crippen molar-refractivity contribution in [2.75, 3.05) is 19.8 Å². The first-order valence-corrected chi connectivity index (χ1v) is 2.71. The highest BCUT2D eigenvalue weighted by Gasteiger charge is 2.14. The highest BCUT2D eigenvalue weighted by molar-refractivity contribution is 5.70. The van der Waals surface area contributed by atoms with Crippen LogP contribution in [0.25, 0.3) is 0 Å². The predicted octanol–water partition coefficient (Wildman–Crippen LogP) is -1.85. The van der Waals surface area contributed by atoms with Gasteiger partial charge in [0, 0.05) is 0 Å². The summed E-state index contributed by atoms with van der Waals surface area (Å²) < 4.78 is 9.55. The van der Waals surface area contributed by atoms with E-state index in [1.807, 2.05) is 0 Å². The molecular weight excluding hydrogens is 124 g/mol. The number of carboxylic acid groups (broad SMARTS) is 1. The highest BCUT2D eigenvalue weighted by Crippen LogP contribution is 1.97. The molecule has 0 amide bonds. The summed E-state index contributed by atoms with van der Waals surface area (Å²) in [5.74, 6) is -1.20. The molecule has 4 nitrogen and oxygen atoms in total. The lowest BCUT2D eigenvalue weighted by Gasteiger charge is -2.23. The van der Waals surface area contributed by atoms with Gasteiger partial charge in [0.2, 0.25) is 0 Å². The lowest BCUT2D eigenvalue weighted by molar-refractivity contribution is -0.321. The Hall–Kier alpha value is -0.610. The molecule has 0 N–H and O–H groups in total. The third kappa shape index (κ3) is 1.65. The van der Waals surface area contributed by atoms with Gasteiger partial charge in [-0.3, -0.25) is 0 Å². The molecule has 0 aromatic rings. The molecule has 0 bridgehead atoms. The second-order valence-corrected chi connectivity index (χ2v) is 1.75. The fraction of sp³-hybridized carbons (Fsp3) is 0.800. The van der Waals surface area contributed by atoms with Crippen molar-refractivity contribution in [2.45, 2.75) is 6.10 Å². The first-order valence-electron chi connectivity index (χ1n) is 2.71. The molecule has 1 aliphatic heterocycles. The number of hydrogen-bond donors (Lipinski definition) is 0. The highest BCUT2D eigenvalue weighted by atomic mass is 16.6. The first-order chi connectivity index (χ1) is 4.30. The summed E-state index contributed by atoms with van der Waals surface area (Å²) in [6.45, 7) is 0.935. The molecule has 1 heterocycles. The Morgan fingerprint density at radius 3 is 2.67 bits per heavy atom. The van der Waals surface area contributed by atoms with Gasteiger partial charge in [0.25, 0.3) is 0 Å². The van der Waals surface area contributed by atoms with Crippen LogP contribution in [0.15, 0.2) is 0 Å². The van der Waals surface area contributed by atoms with Crippen LogP contribution in [0.3, 0.4) is 0 Å². The second kappa shape index (κ2) is 2.80. The minimum atomic E-state index is -1.20. The smallest absolute Gasteiger partial charge is 0.120 e. The third-order valence-corrected chi connectivity index (χ3v) is 1.08. The summed E-state index contributed by atoms with van der Waals surface area (Å²) in [7, 11) is 0. The zero-order chi connectivity index (χ0) is 6.69. The molecule has 1 aliphatic rings. The van der Waals surface area contributed by atoms with Crippen LogP contribution >= 0.6 is 0 Å². The van der Waals surface area contributed by atoms with Crippen molar-refractivity contribution in [3.63, 3.8) is 0 Å². The Balaban J connectivity index is 2.31. The molecule has 0 saturated carbocycles. The number of carboxylic acids is 1. The van der Waals surface area contributed by atoms with Crippen molar-refractivity contribution in [1.82, 2.24) is 0 Å². The second-order valence-electron chi connectivity index (χ2n) is 1.75. The minimum absolute atomic E-state index is 0.113. The molecule has 1 atom stereocenters. The summed E-state index contributed by atoms with van der Waals surface area (Å²) >= 11 is 0. The number of hydrogen-bond acceptors (Lipinski definition) is 4. The Bertz CT molecular complexity index is 106. The topological polar surface area (TPSA) is 58.6 Å². The maximum atomic E-state index is 10.0. The number of carbonyl (C=O) groups excluding carboxylic acids is 1. The molecule has 4 heteroatoms. The van der Waals surface area contributed by atoms with E-state index in [-0.39, 0.29) is 6.61 Å².